The maximum absolute atomic E-state index is 3.54. The van der Waals surface area contributed by atoms with Crippen LogP contribution in [-0.2, 0) is 6.54 Å². The van der Waals surface area contributed by atoms with Gasteiger partial charge < -0.3 is 5.32 Å². The molecule has 1 fully saturated rings. The predicted octanol–water partition coefficient (Wildman–Crippen LogP) is 3.03. The number of hydrogen-bond acceptors (Lipinski definition) is 2. The molecule has 0 atom stereocenters. The van der Waals surface area contributed by atoms with E-state index in [0.29, 0.717) is 5.41 Å². The van der Waals surface area contributed by atoms with Gasteiger partial charge in [0.2, 0.25) is 0 Å². The van der Waals surface area contributed by atoms with Crippen molar-refractivity contribution in [1.29, 1.82) is 0 Å². The van der Waals surface area contributed by atoms with Crippen LogP contribution in [0, 0.1) is 5.41 Å². The topological polar surface area (TPSA) is 12.0 Å². The molecule has 2 rings (SSSR count). The first kappa shape index (κ1) is 9.22. The van der Waals surface area contributed by atoms with Gasteiger partial charge in [-0.1, -0.05) is 19.4 Å². The van der Waals surface area contributed by atoms with Gasteiger partial charge in [0.25, 0.3) is 0 Å². The molecule has 0 radical (unpaired) electrons. The van der Waals surface area contributed by atoms with E-state index in [-0.39, 0.29) is 0 Å². The fourth-order valence-electron chi connectivity index (χ4n) is 1.86. The van der Waals surface area contributed by atoms with Crippen LogP contribution in [0.4, 0.5) is 0 Å². The summed E-state index contributed by atoms with van der Waals surface area (Å²) in [6, 6.07) is 4.31. The van der Waals surface area contributed by atoms with Crippen LogP contribution < -0.4 is 5.32 Å². The molecule has 13 heavy (non-hydrogen) atoms. The van der Waals surface area contributed by atoms with Crippen LogP contribution >= 0.6 is 11.3 Å². The molecule has 0 aliphatic heterocycles. The number of nitrogens with one attached hydrogen (secondary N) is 1. The van der Waals surface area contributed by atoms with Gasteiger partial charge in [-0.15, -0.1) is 11.3 Å². The molecule has 1 N–H and O–H groups in total. The minimum absolute atomic E-state index is 0.608. The summed E-state index contributed by atoms with van der Waals surface area (Å²) in [6.07, 6.45) is 4.24. The zero-order chi connectivity index (χ0) is 9.15. The van der Waals surface area contributed by atoms with Crippen LogP contribution in [-0.4, -0.2) is 6.54 Å². The summed E-state index contributed by atoms with van der Waals surface area (Å²) in [5.74, 6) is 0. The quantitative estimate of drug-likeness (QED) is 0.778. The zero-order valence-corrected chi connectivity index (χ0v) is 8.99. The lowest BCUT2D eigenvalue weighted by atomic mass is 9.70. The fourth-order valence-corrected chi connectivity index (χ4v) is 2.53. The maximum Gasteiger partial charge on any atom is 0.0299 e. The third-order valence-corrected chi connectivity index (χ3v) is 3.87. The largest absolute Gasteiger partial charge is 0.311 e. The lowest BCUT2D eigenvalue weighted by Crippen LogP contribution is -2.36. The molecule has 0 bridgehead atoms. The SMILES string of the molecule is CC1(CNCc2cccs2)CCC1. The monoisotopic (exact) mass is 195 g/mol. The Morgan fingerprint density at radius 2 is 2.38 bits per heavy atom. The van der Waals surface area contributed by atoms with E-state index in [4.69, 9.17) is 0 Å². The Bertz CT molecular complexity index is 249. The molecule has 1 saturated carbocycles. The zero-order valence-electron chi connectivity index (χ0n) is 8.18. The van der Waals surface area contributed by atoms with E-state index in [2.05, 4.69) is 29.8 Å². The summed E-state index contributed by atoms with van der Waals surface area (Å²) in [5, 5.41) is 5.68. The van der Waals surface area contributed by atoms with Crippen molar-refractivity contribution in [2.24, 2.45) is 5.41 Å². The Hall–Kier alpha value is -0.340. The van der Waals surface area contributed by atoms with E-state index in [1.165, 1.54) is 30.7 Å². The van der Waals surface area contributed by atoms with E-state index in [0.717, 1.165) is 6.54 Å². The molecule has 0 amide bonds. The Balaban J connectivity index is 1.69. The molecule has 0 unspecified atom stereocenters. The van der Waals surface area contributed by atoms with Gasteiger partial charge >= 0.3 is 0 Å². The molecule has 0 saturated heterocycles. The Morgan fingerprint density at radius 1 is 1.54 bits per heavy atom. The summed E-state index contributed by atoms with van der Waals surface area (Å²) in [5.41, 5.74) is 0.608. The summed E-state index contributed by atoms with van der Waals surface area (Å²) in [6.45, 7) is 4.62. The van der Waals surface area contributed by atoms with Crippen molar-refractivity contribution in [3.8, 4) is 0 Å². The van der Waals surface area contributed by atoms with Crippen molar-refractivity contribution in [1.82, 2.24) is 5.32 Å². The second-order valence-electron chi connectivity index (χ2n) is 4.35. The first-order valence-corrected chi connectivity index (χ1v) is 5.90. The summed E-state index contributed by atoms with van der Waals surface area (Å²) < 4.78 is 0. The van der Waals surface area contributed by atoms with Gasteiger partial charge in [0, 0.05) is 18.0 Å². The van der Waals surface area contributed by atoms with Crippen LogP contribution in [0.5, 0.6) is 0 Å². The van der Waals surface area contributed by atoms with E-state index < -0.39 is 0 Å². The molecule has 1 aliphatic carbocycles. The highest BCUT2D eigenvalue weighted by atomic mass is 32.1. The summed E-state index contributed by atoms with van der Waals surface area (Å²) in [7, 11) is 0. The fraction of sp³-hybridized carbons (Fsp3) is 0.636. The third kappa shape index (κ3) is 2.32. The van der Waals surface area contributed by atoms with Gasteiger partial charge in [0.05, 0.1) is 0 Å². The van der Waals surface area contributed by atoms with E-state index in [1.54, 1.807) is 0 Å². The summed E-state index contributed by atoms with van der Waals surface area (Å²) in [4.78, 5) is 1.45. The van der Waals surface area contributed by atoms with Crippen LogP contribution in [0.1, 0.15) is 31.1 Å². The van der Waals surface area contributed by atoms with Crippen LogP contribution in [0.3, 0.4) is 0 Å². The Labute approximate surface area is 84.2 Å². The second-order valence-corrected chi connectivity index (χ2v) is 5.38. The number of rotatable bonds is 4. The van der Waals surface area contributed by atoms with Gasteiger partial charge in [-0.05, 0) is 29.7 Å². The molecule has 1 nitrogen and oxygen atoms in total. The van der Waals surface area contributed by atoms with Gasteiger partial charge in [-0.3, -0.25) is 0 Å². The standard InChI is InChI=1S/C11H17NS/c1-11(5-3-6-11)9-12-8-10-4-2-7-13-10/h2,4,7,12H,3,5-6,8-9H2,1H3. The highest BCUT2D eigenvalue weighted by Gasteiger charge is 2.30. The molecule has 1 aromatic rings. The average Bonchev–Trinajstić information content (AvgIpc) is 2.54. The molecule has 0 aromatic carbocycles. The molecule has 1 aromatic heterocycles. The number of thiophene rings is 1. The predicted molar refractivity (Wildman–Crippen MR) is 58.0 cm³/mol. The van der Waals surface area contributed by atoms with E-state index in [1.807, 2.05) is 11.3 Å². The van der Waals surface area contributed by atoms with E-state index >= 15 is 0 Å². The van der Waals surface area contributed by atoms with Crippen molar-refractivity contribution in [2.75, 3.05) is 6.54 Å². The molecule has 1 heterocycles. The molecule has 2 heteroatoms. The van der Waals surface area contributed by atoms with Crippen LogP contribution in [0.15, 0.2) is 17.5 Å². The highest BCUT2D eigenvalue weighted by Crippen LogP contribution is 2.39. The van der Waals surface area contributed by atoms with Gasteiger partial charge in [0.15, 0.2) is 0 Å². The summed E-state index contributed by atoms with van der Waals surface area (Å²) >= 11 is 1.84. The van der Waals surface area contributed by atoms with Crippen molar-refractivity contribution < 1.29 is 0 Å². The van der Waals surface area contributed by atoms with Crippen molar-refractivity contribution in [2.45, 2.75) is 32.7 Å². The van der Waals surface area contributed by atoms with Gasteiger partial charge in [-0.2, -0.15) is 0 Å². The van der Waals surface area contributed by atoms with Gasteiger partial charge in [0.1, 0.15) is 0 Å². The third-order valence-electron chi connectivity index (χ3n) is 2.99. The molecule has 1 aliphatic rings. The molecule has 0 spiro atoms. The molecular formula is C11H17NS. The Morgan fingerprint density at radius 3 is 2.92 bits per heavy atom. The first-order valence-electron chi connectivity index (χ1n) is 5.02. The van der Waals surface area contributed by atoms with Crippen molar-refractivity contribution >= 4 is 11.3 Å². The molecule has 72 valence electrons. The van der Waals surface area contributed by atoms with Crippen LogP contribution in [0.25, 0.3) is 0 Å². The average molecular weight is 195 g/mol. The lowest BCUT2D eigenvalue weighted by Gasteiger charge is -2.38. The smallest absolute Gasteiger partial charge is 0.0299 e. The first-order chi connectivity index (χ1) is 6.29. The lowest BCUT2D eigenvalue weighted by molar-refractivity contribution is 0.156. The van der Waals surface area contributed by atoms with Crippen molar-refractivity contribution in [3.05, 3.63) is 22.4 Å². The minimum atomic E-state index is 0.608. The maximum atomic E-state index is 3.54. The second kappa shape index (κ2) is 3.81. The normalized spacial score (nSPS) is 19.8. The van der Waals surface area contributed by atoms with Gasteiger partial charge in [-0.25, -0.2) is 0 Å². The highest BCUT2D eigenvalue weighted by molar-refractivity contribution is 7.09. The minimum Gasteiger partial charge on any atom is -0.311 e. The molecular weight excluding hydrogens is 178 g/mol. The van der Waals surface area contributed by atoms with E-state index in [9.17, 15) is 0 Å². The Kier molecular flexibility index (Phi) is 2.70. The number of hydrogen-bond donors (Lipinski definition) is 1. The van der Waals surface area contributed by atoms with Crippen molar-refractivity contribution in [3.63, 3.8) is 0 Å². The van der Waals surface area contributed by atoms with Crippen LogP contribution in [0.2, 0.25) is 0 Å².